The van der Waals surface area contributed by atoms with Gasteiger partial charge < -0.3 is 15.4 Å². The third-order valence-electron chi connectivity index (χ3n) is 3.11. The first-order valence-corrected chi connectivity index (χ1v) is 5.18. The second kappa shape index (κ2) is 5.58. The first-order chi connectivity index (χ1) is 6.29. The van der Waals surface area contributed by atoms with E-state index in [1.165, 1.54) is 12.8 Å². The summed E-state index contributed by atoms with van der Waals surface area (Å²) >= 11 is 0. The van der Waals surface area contributed by atoms with Crippen molar-refractivity contribution in [3.8, 4) is 0 Å². The van der Waals surface area contributed by atoms with Crippen molar-refractivity contribution in [2.75, 3.05) is 33.9 Å². The summed E-state index contributed by atoms with van der Waals surface area (Å²) in [5, 5.41) is 0. The Balaban J connectivity index is 2.12. The van der Waals surface area contributed by atoms with E-state index in [1.54, 1.807) is 7.11 Å². The molecule has 1 rings (SSSR count). The Labute approximate surface area is 81.2 Å². The number of rotatable bonds is 6. The molecule has 0 saturated heterocycles. The highest BCUT2D eigenvalue weighted by atomic mass is 16.5. The van der Waals surface area contributed by atoms with Crippen LogP contribution in [0.25, 0.3) is 0 Å². The number of ether oxygens (including phenoxy) is 1. The molecule has 0 bridgehead atoms. The highest BCUT2D eigenvalue weighted by Gasteiger charge is 2.32. The van der Waals surface area contributed by atoms with Crippen LogP contribution in [-0.2, 0) is 4.74 Å². The van der Waals surface area contributed by atoms with Gasteiger partial charge in [-0.05, 0) is 38.8 Å². The number of hydrogen-bond acceptors (Lipinski definition) is 3. The third-order valence-corrected chi connectivity index (χ3v) is 3.11. The zero-order valence-electron chi connectivity index (χ0n) is 8.83. The lowest BCUT2D eigenvalue weighted by molar-refractivity contribution is 0.0796. The van der Waals surface area contributed by atoms with Crippen LogP contribution in [0.4, 0.5) is 0 Å². The lowest BCUT2D eigenvalue weighted by atomic mass is 9.79. The van der Waals surface area contributed by atoms with Gasteiger partial charge in [0.15, 0.2) is 0 Å². The SMILES string of the molecule is COCCCN(C)C1CCC1CN. The molecule has 3 heteroatoms. The molecule has 0 radical (unpaired) electrons. The van der Waals surface area contributed by atoms with Crippen molar-refractivity contribution in [2.45, 2.75) is 25.3 Å². The van der Waals surface area contributed by atoms with E-state index in [2.05, 4.69) is 11.9 Å². The molecule has 1 fully saturated rings. The van der Waals surface area contributed by atoms with Gasteiger partial charge in [-0.15, -0.1) is 0 Å². The Hall–Kier alpha value is -0.120. The molecule has 0 heterocycles. The summed E-state index contributed by atoms with van der Waals surface area (Å²) in [5.41, 5.74) is 5.67. The van der Waals surface area contributed by atoms with Gasteiger partial charge in [0, 0.05) is 26.3 Å². The fraction of sp³-hybridized carbons (Fsp3) is 1.00. The summed E-state index contributed by atoms with van der Waals surface area (Å²) < 4.78 is 5.03. The summed E-state index contributed by atoms with van der Waals surface area (Å²) in [6.07, 6.45) is 3.77. The van der Waals surface area contributed by atoms with E-state index in [0.717, 1.165) is 38.1 Å². The van der Waals surface area contributed by atoms with Gasteiger partial charge in [-0.1, -0.05) is 0 Å². The van der Waals surface area contributed by atoms with Gasteiger partial charge in [0.2, 0.25) is 0 Å². The van der Waals surface area contributed by atoms with Gasteiger partial charge in [-0.25, -0.2) is 0 Å². The smallest absolute Gasteiger partial charge is 0.0474 e. The van der Waals surface area contributed by atoms with Crippen molar-refractivity contribution >= 4 is 0 Å². The Morgan fingerprint density at radius 1 is 1.46 bits per heavy atom. The van der Waals surface area contributed by atoms with Crippen LogP contribution in [-0.4, -0.2) is 44.8 Å². The molecule has 0 aromatic carbocycles. The van der Waals surface area contributed by atoms with Crippen LogP contribution in [0.3, 0.4) is 0 Å². The highest BCUT2D eigenvalue weighted by Crippen LogP contribution is 2.30. The van der Waals surface area contributed by atoms with Crippen LogP contribution in [0.5, 0.6) is 0 Å². The maximum atomic E-state index is 5.67. The molecule has 0 aromatic heterocycles. The molecule has 1 saturated carbocycles. The van der Waals surface area contributed by atoms with E-state index in [9.17, 15) is 0 Å². The largest absolute Gasteiger partial charge is 0.385 e. The van der Waals surface area contributed by atoms with Crippen molar-refractivity contribution in [3.63, 3.8) is 0 Å². The van der Waals surface area contributed by atoms with Gasteiger partial charge in [-0.3, -0.25) is 0 Å². The molecule has 0 spiro atoms. The van der Waals surface area contributed by atoms with Crippen LogP contribution in [0.2, 0.25) is 0 Å². The number of hydrogen-bond donors (Lipinski definition) is 1. The van der Waals surface area contributed by atoms with Gasteiger partial charge >= 0.3 is 0 Å². The molecule has 2 unspecified atom stereocenters. The van der Waals surface area contributed by atoms with Gasteiger partial charge in [0.05, 0.1) is 0 Å². The first kappa shape index (κ1) is 11.0. The normalized spacial score (nSPS) is 27.7. The van der Waals surface area contributed by atoms with Crippen molar-refractivity contribution in [2.24, 2.45) is 11.7 Å². The minimum absolute atomic E-state index is 0.738. The standard InChI is InChI=1S/C10H22N2O/c1-12(6-3-7-13-2)10-5-4-9(10)8-11/h9-10H,3-8,11H2,1-2H3. The molecule has 0 aromatic rings. The van der Waals surface area contributed by atoms with Crippen LogP contribution >= 0.6 is 0 Å². The Morgan fingerprint density at radius 3 is 2.69 bits per heavy atom. The molecule has 0 aliphatic heterocycles. The second-order valence-corrected chi connectivity index (χ2v) is 3.97. The van der Waals surface area contributed by atoms with Gasteiger partial charge in [0.25, 0.3) is 0 Å². The van der Waals surface area contributed by atoms with Gasteiger partial charge in [-0.2, -0.15) is 0 Å². The summed E-state index contributed by atoms with van der Waals surface area (Å²) in [6.45, 7) is 2.85. The van der Waals surface area contributed by atoms with E-state index in [1.807, 2.05) is 0 Å². The summed E-state index contributed by atoms with van der Waals surface area (Å²) in [7, 11) is 3.95. The maximum Gasteiger partial charge on any atom is 0.0474 e. The molecular formula is C10H22N2O. The summed E-state index contributed by atoms with van der Waals surface area (Å²) in [5.74, 6) is 0.743. The van der Waals surface area contributed by atoms with Crippen LogP contribution < -0.4 is 5.73 Å². The molecule has 1 aliphatic carbocycles. The average molecular weight is 186 g/mol. The summed E-state index contributed by atoms with van der Waals surface area (Å²) in [6, 6.07) is 0.738. The molecule has 13 heavy (non-hydrogen) atoms. The van der Waals surface area contributed by atoms with Crippen molar-refractivity contribution < 1.29 is 4.74 Å². The quantitative estimate of drug-likeness (QED) is 0.620. The number of nitrogens with two attached hydrogens (primary N) is 1. The zero-order valence-corrected chi connectivity index (χ0v) is 8.83. The zero-order chi connectivity index (χ0) is 9.68. The van der Waals surface area contributed by atoms with E-state index in [4.69, 9.17) is 10.5 Å². The minimum atomic E-state index is 0.738. The maximum absolute atomic E-state index is 5.67. The molecule has 2 N–H and O–H groups in total. The molecule has 1 aliphatic rings. The van der Waals surface area contributed by atoms with E-state index < -0.39 is 0 Å². The number of methoxy groups -OCH3 is 1. The molecule has 2 atom stereocenters. The van der Waals surface area contributed by atoms with Gasteiger partial charge in [0.1, 0.15) is 0 Å². The Bertz CT molecular complexity index is 139. The van der Waals surface area contributed by atoms with E-state index >= 15 is 0 Å². The topological polar surface area (TPSA) is 38.5 Å². The first-order valence-electron chi connectivity index (χ1n) is 5.18. The van der Waals surface area contributed by atoms with E-state index in [-0.39, 0.29) is 0 Å². The van der Waals surface area contributed by atoms with Crippen molar-refractivity contribution in [3.05, 3.63) is 0 Å². The minimum Gasteiger partial charge on any atom is -0.385 e. The molecular weight excluding hydrogens is 164 g/mol. The van der Waals surface area contributed by atoms with Crippen LogP contribution in [0.15, 0.2) is 0 Å². The number of nitrogens with zero attached hydrogens (tertiary/aromatic N) is 1. The molecule has 3 nitrogen and oxygen atoms in total. The van der Waals surface area contributed by atoms with E-state index in [0.29, 0.717) is 0 Å². The second-order valence-electron chi connectivity index (χ2n) is 3.97. The van der Waals surface area contributed by atoms with Crippen molar-refractivity contribution in [1.29, 1.82) is 0 Å². The lowest BCUT2D eigenvalue weighted by Crippen LogP contribution is -2.48. The monoisotopic (exact) mass is 186 g/mol. The van der Waals surface area contributed by atoms with Crippen LogP contribution in [0.1, 0.15) is 19.3 Å². The molecule has 78 valence electrons. The third kappa shape index (κ3) is 2.93. The fourth-order valence-corrected chi connectivity index (χ4v) is 2.03. The summed E-state index contributed by atoms with van der Waals surface area (Å²) in [4.78, 5) is 2.43. The van der Waals surface area contributed by atoms with Crippen molar-refractivity contribution in [1.82, 2.24) is 4.90 Å². The predicted octanol–water partition coefficient (Wildman–Crippen LogP) is 0.692. The Kier molecular flexibility index (Phi) is 4.70. The average Bonchev–Trinajstić information content (AvgIpc) is 2.03. The van der Waals surface area contributed by atoms with Crippen LogP contribution in [0, 0.1) is 5.92 Å². The Morgan fingerprint density at radius 2 is 2.23 bits per heavy atom. The lowest BCUT2D eigenvalue weighted by Gasteiger charge is -2.42. The fourth-order valence-electron chi connectivity index (χ4n) is 2.03. The highest BCUT2D eigenvalue weighted by molar-refractivity contribution is 4.87. The molecule has 0 amide bonds. The predicted molar refractivity (Wildman–Crippen MR) is 54.7 cm³/mol.